The second-order valence-corrected chi connectivity index (χ2v) is 8.61. The van der Waals surface area contributed by atoms with Gasteiger partial charge >= 0.3 is 0 Å². The first-order valence-electron chi connectivity index (χ1n) is 9.16. The van der Waals surface area contributed by atoms with E-state index in [0.29, 0.717) is 32.7 Å². The zero-order valence-electron chi connectivity index (χ0n) is 16.0. The first-order valence-corrected chi connectivity index (χ1v) is 11.0. The number of carbonyl (C=O) groups is 2. The molecule has 4 rings (SSSR count). The summed E-state index contributed by atoms with van der Waals surface area (Å²) >= 11 is 2.68. The number of hydrogen-bond donors (Lipinski definition) is 2. The average Bonchev–Trinajstić information content (AvgIpc) is 3.36. The maximum absolute atomic E-state index is 12.5. The van der Waals surface area contributed by atoms with Crippen LogP contribution in [0.1, 0.15) is 23.0 Å². The van der Waals surface area contributed by atoms with Gasteiger partial charge in [0, 0.05) is 18.9 Å². The lowest BCUT2D eigenvalue weighted by Crippen LogP contribution is -2.15. The van der Waals surface area contributed by atoms with Crippen molar-refractivity contribution in [3.63, 3.8) is 0 Å². The number of hydrogen-bond acceptors (Lipinski definition) is 8. The molecule has 2 heterocycles. The Morgan fingerprint density at radius 2 is 1.83 bits per heavy atom. The van der Waals surface area contributed by atoms with Gasteiger partial charge in [-0.2, -0.15) is 0 Å². The number of Topliss-reactive ketones (excluding diaryl/α,β-unsaturated/α-hetero) is 1. The van der Waals surface area contributed by atoms with Crippen LogP contribution in [0.25, 0.3) is 11.0 Å². The molecule has 0 bridgehead atoms. The van der Waals surface area contributed by atoms with E-state index in [4.69, 9.17) is 4.42 Å². The van der Waals surface area contributed by atoms with Crippen LogP contribution in [0, 0.1) is 0 Å². The maximum Gasteiger partial charge on any atom is 0.234 e. The number of fused-ring (bicyclic) bond motifs is 1. The van der Waals surface area contributed by atoms with E-state index in [1.54, 1.807) is 6.07 Å². The molecule has 0 atom stereocenters. The molecule has 0 radical (unpaired) electrons. The Labute approximate surface area is 180 Å². The van der Waals surface area contributed by atoms with Crippen LogP contribution in [-0.2, 0) is 11.3 Å². The van der Waals surface area contributed by atoms with Crippen LogP contribution >= 0.6 is 23.1 Å². The van der Waals surface area contributed by atoms with E-state index in [1.165, 1.54) is 30.0 Å². The van der Waals surface area contributed by atoms with Crippen molar-refractivity contribution in [2.75, 3.05) is 16.4 Å². The van der Waals surface area contributed by atoms with Gasteiger partial charge in [-0.05, 0) is 17.7 Å². The Balaban J connectivity index is 1.36. The predicted molar refractivity (Wildman–Crippen MR) is 119 cm³/mol. The van der Waals surface area contributed by atoms with Crippen LogP contribution in [0.2, 0.25) is 0 Å². The normalized spacial score (nSPS) is 10.8. The Hall–Kier alpha value is -3.17. The summed E-state index contributed by atoms with van der Waals surface area (Å²) in [4.78, 5) is 24.4. The Morgan fingerprint density at radius 1 is 1.07 bits per heavy atom. The molecule has 0 aliphatic carbocycles. The minimum Gasteiger partial charge on any atom is -0.451 e. The number of thioether (sulfide) groups is 1. The fourth-order valence-electron chi connectivity index (χ4n) is 2.83. The molecule has 7 nitrogen and oxygen atoms in total. The van der Waals surface area contributed by atoms with Crippen molar-refractivity contribution in [1.29, 1.82) is 0 Å². The molecule has 30 heavy (non-hydrogen) atoms. The van der Waals surface area contributed by atoms with Crippen molar-refractivity contribution < 1.29 is 14.0 Å². The molecule has 0 fully saturated rings. The lowest BCUT2D eigenvalue weighted by molar-refractivity contribution is -0.113. The SMILES string of the molecule is CC(=O)c1oc2ccccc2c1NC(=O)CSc1nnc(NCc2ccccc2)s1. The van der Waals surface area contributed by atoms with Gasteiger partial charge in [0.2, 0.25) is 11.0 Å². The maximum atomic E-state index is 12.5. The molecule has 0 aliphatic rings. The van der Waals surface area contributed by atoms with Gasteiger partial charge in [-0.15, -0.1) is 10.2 Å². The van der Waals surface area contributed by atoms with Gasteiger partial charge in [0.05, 0.1) is 11.4 Å². The van der Waals surface area contributed by atoms with Gasteiger partial charge in [-0.25, -0.2) is 0 Å². The summed E-state index contributed by atoms with van der Waals surface area (Å²) in [6.07, 6.45) is 0. The van der Waals surface area contributed by atoms with Crippen LogP contribution in [0.4, 0.5) is 10.8 Å². The van der Waals surface area contributed by atoms with Crippen molar-refractivity contribution in [1.82, 2.24) is 10.2 Å². The van der Waals surface area contributed by atoms with Crippen molar-refractivity contribution in [2.45, 2.75) is 17.8 Å². The number of furan rings is 1. The van der Waals surface area contributed by atoms with Gasteiger partial charge in [-0.1, -0.05) is 65.6 Å². The summed E-state index contributed by atoms with van der Waals surface area (Å²) in [5, 5.41) is 15.6. The van der Waals surface area contributed by atoms with Gasteiger partial charge in [-0.3, -0.25) is 9.59 Å². The number of benzene rings is 2. The molecule has 0 saturated carbocycles. The number of aromatic nitrogens is 2. The highest BCUT2D eigenvalue weighted by atomic mass is 32.2. The van der Waals surface area contributed by atoms with Crippen LogP contribution in [0.5, 0.6) is 0 Å². The highest BCUT2D eigenvalue weighted by molar-refractivity contribution is 8.01. The molecule has 0 spiro atoms. The molecule has 152 valence electrons. The average molecular weight is 439 g/mol. The third kappa shape index (κ3) is 4.69. The number of anilines is 2. The molecular formula is C21H18N4O3S2. The Morgan fingerprint density at radius 3 is 2.63 bits per heavy atom. The molecule has 0 saturated heterocycles. The van der Waals surface area contributed by atoms with E-state index in [-0.39, 0.29) is 23.2 Å². The first-order chi connectivity index (χ1) is 14.6. The third-order valence-corrected chi connectivity index (χ3v) is 6.21. The summed E-state index contributed by atoms with van der Waals surface area (Å²) in [5.41, 5.74) is 2.12. The van der Waals surface area contributed by atoms with Crippen molar-refractivity contribution >= 4 is 56.6 Å². The second-order valence-electron chi connectivity index (χ2n) is 6.41. The third-order valence-electron chi connectivity index (χ3n) is 4.20. The van der Waals surface area contributed by atoms with Crippen molar-refractivity contribution in [2.24, 2.45) is 0 Å². The smallest absolute Gasteiger partial charge is 0.234 e. The van der Waals surface area contributed by atoms with E-state index in [1.807, 2.05) is 48.5 Å². The topological polar surface area (TPSA) is 97.1 Å². The molecule has 2 N–H and O–H groups in total. The zero-order valence-corrected chi connectivity index (χ0v) is 17.7. The van der Waals surface area contributed by atoms with Crippen molar-refractivity contribution in [3.8, 4) is 0 Å². The van der Waals surface area contributed by atoms with E-state index in [0.717, 1.165) is 5.56 Å². The monoisotopic (exact) mass is 438 g/mol. The van der Waals surface area contributed by atoms with Gasteiger partial charge < -0.3 is 15.1 Å². The van der Waals surface area contributed by atoms with E-state index < -0.39 is 0 Å². The van der Waals surface area contributed by atoms with E-state index >= 15 is 0 Å². The molecule has 2 aromatic carbocycles. The molecule has 9 heteroatoms. The second kappa shape index (κ2) is 9.10. The van der Waals surface area contributed by atoms with Gasteiger partial charge in [0.15, 0.2) is 15.9 Å². The van der Waals surface area contributed by atoms with E-state index in [9.17, 15) is 9.59 Å². The van der Waals surface area contributed by atoms with Crippen LogP contribution in [-0.4, -0.2) is 27.6 Å². The highest BCUT2D eigenvalue weighted by Gasteiger charge is 2.19. The molecule has 0 aliphatic heterocycles. The fraction of sp³-hybridized carbons (Fsp3) is 0.143. The minimum atomic E-state index is -0.247. The number of nitrogens with one attached hydrogen (secondary N) is 2. The van der Waals surface area contributed by atoms with Crippen LogP contribution < -0.4 is 10.6 Å². The molecule has 2 aromatic heterocycles. The Kier molecular flexibility index (Phi) is 6.10. The minimum absolute atomic E-state index is 0.143. The zero-order chi connectivity index (χ0) is 20.9. The number of rotatable bonds is 8. The van der Waals surface area contributed by atoms with Crippen LogP contribution in [0.3, 0.4) is 0 Å². The van der Waals surface area contributed by atoms with E-state index in [2.05, 4.69) is 20.8 Å². The number of amides is 1. The lowest BCUT2D eigenvalue weighted by Gasteiger charge is -2.04. The van der Waals surface area contributed by atoms with Crippen molar-refractivity contribution in [3.05, 3.63) is 65.9 Å². The number of nitrogens with zero attached hydrogens (tertiary/aromatic N) is 2. The van der Waals surface area contributed by atoms with Crippen LogP contribution in [0.15, 0.2) is 63.4 Å². The van der Waals surface area contributed by atoms with Gasteiger partial charge in [0.1, 0.15) is 5.58 Å². The largest absolute Gasteiger partial charge is 0.451 e. The fourth-order valence-corrected chi connectivity index (χ4v) is 4.38. The summed E-state index contributed by atoms with van der Waals surface area (Å²) in [5.74, 6) is -0.196. The summed E-state index contributed by atoms with van der Waals surface area (Å²) in [6.45, 7) is 2.06. The lowest BCUT2D eigenvalue weighted by atomic mass is 10.2. The number of carbonyl (C=O) groups excluding carboxylic acids is 2. The predicted octanol–water partition coefficient (Wildman–Crippen LogP) is 4.83. The quantitative estimate of drug-likeness (QED) is 0.300. The summed E-state index contributed by atoms with van der Waals surface area (Å²) < 4.78 is 6.28. The molecule has 0 unspecified atom stereocenters. The standard InChI is InChI=1S/C21H18N4O3S2/c1-13(26)19-18(15-9-5-6-10-16(15)28-19)23-17(27)12-29-21-25-24-20(30-21)22-11-14-7-3-2-4-8-14/h2-10H,11-12H2,1H3,(H,22,24)(H,23,27). The molecule has 4 aromatic rings. The summed E-state index contributed by atoms with van der Waals surface area (Å²) in [7, 11) is 0. The molecular weight excluding hydrogens is 420 g/mol. The number of para-hydroxylation sites is 1. The highest BCUT2D eigenvalue weighted by Crippen LogP contribution is 2.32. The molecule has 1 amide bonds. The van der Waals surface area contributed by atoms with Gasteiger partial charge in [0.25, 0.3) is 0 Å². The summed E-state index contributed by atoms with van der Waals surface area (Å²) in [6, 6.07) is 17.2. The Bertz CT molecular complexity index is 1190. The number of ketones is 1. The first kappa shape index (κ1) is 20.1.